The molecule has 0 aromatic rings. The molecule has 0 amide bonds. The van der Waals surface area contributed by atoms with E-state index in [2.05, 4.69) is 6.42 Å². The summed E-state index contributed by atoms with van der Waals surface area (Å²) in [6.07, 6.45) is 8.00. The molecular formula is C5H9BMg. The molecule has 0 atom stereocenters. The Bertz CT molecular complexity index is 19.7. The summed E-state index contributed by atoms with van der Waals surface area (Å²) in [6, 6.07) is 0. The second-order valence-electron chi connectivity index (χ2n) is 1.57. The van der Waals surface area contributed by atoms with Crippen LogP contribution in [0, 0.1) is 6.42 Å². The molecule has 0 N–H and O–H groups in total. The molecule has 0 saturated heterocycles. The van der Waals surface area contributed by atoms with Crippen molar-refractivity contribution in [3.05, 3.63) is 6.42 Å². The van der Waals surface area contributed by atoms with Crippen molar-refractivity contribution in [1.82, 2.24) is 0 Å². The summed E-state index contributed by atoms with van der Waals surface area (Å²) < 4.78 is 0. The molecule has 0 aromatic carbocycles. The summed E-state index contributed by atoms with van der Waals surface area (Å²) in [5, 5.41) is 0. The van der Waals surface area contributed by atoms with E-state index >= 15 is 0 Å². The van der Waals surface area contributed by atoms with Gasteiger partial charge < -0.3 is 14.8 Å². The molecule has 34 valence electrons. The minimum Gasteiger partial charge on any atom is -1.00 e. The van der Waals surface area contributed by atoms with E-state index in [1.807, 2.05) is 0 Å². The average Bonchev–Trinajstić information content (AvgIpc) is 1.76. The molecule has 0 heterocycles. The van der Waals surface area contributed by atoms with Crippen molar-refractivity contribution < 1.29 is 0 Å². The van der Waals surface area contributed by atoms with Crippen molar-refractivity contribution in [1.29, 1.82) is 0 Å². The Morgan fingerprint density at radius 2 is 1.43 bits per heavy atom. The van der Waals surface area contributed by atoms with E-state index in [1.54, 1.807) is 0 Å². The van der Waals surface area contributed by atoms with Crippen LogP contribution >= 0.6 is 0 Å². The summed E-state index contributed by atoms with van der Waals surface area (Å²) in [5.74, 6) is 0. The first-order chi connectivity index (χ1) is 2.50. The van der Waals surface area contributed by atoms with E-state index < -0.39 is 0 Å². The molecule has 1 aliphatic rings. The maximum absolute atomic E-state index is 2.36. The molecule has 0 aliphatic heterocycles. The van der Waals surface area contributed by atoms with E-state index in [1.165, 1.54) is 25.7 Å². The standard InChI is InChI=1S/C5H9.B.Mg/c1-2-4-5-3-1;;/h1H,2-5H2;;/q2*-1;+2. The molecule has 0 aromatic heterocycles. The van der Waals surface area contributed by atoms with E-state index in [4.69, 9.17) is 0 Å². The summed E-state index contributed by atoms with van der Waals surface area (Å²) >= 11 is 0. The molecule has 4 radical (unpaired) electrons. The van der Waals surface area contributed by atoms with Crippen LogP contribution in [0.5, 0.6) is 0 Å². The minimum atomic E-state index is 0. The fourth-order valence-electron chi connectivity index (χ4n) is 0.722. The zero-order valence-corrected chi connectivity index (χ0v) is 6.10. The summed E-state index contributed by atoms with van der Waals surface area (Å²) in [4.78, 5) is 0. The molecule has 1 saturated carbocycles. The average molecular weight is 104 g/mol. The van der Waals surface area contributed by atoms with Crippen LogP contribution in [-0.2, 0) is 0 Å². The van der Waals surface area contributed by atoms with Gasteiger partial charge in [0.2, 0.25) is 0 Å². The molecule has 0 spiro atoms. The van der Waals surface area contributed by atoms with Gasteiger partial charge in [-0.2, -0.15) is 12.8 Å². The van der Waals surface area contributed by atoms with Crippen LogP contribution in [0.4, 0.5) is 0 Å². The van der Waals surface area contributed by atoms with Gasteiger partial charge in [0.15, 0.2) is 0 Å². The molecule has 0 bridgehead atoms. The fourth-order valence-corrected chi connectivity index (χ4v) is 0.722. The van der Waals surface area contributed by atoms with Crippen LogP contribution in [0.15, 0.2) is 0 Å². The number of hydrogen-bond acceptors (Lipinski definition) is 0. The predicted molar refractivity (Wildman–Crippen MR) is 34.3 cm³/mol. The SMILES string of the molecule is [B-].[CH-]1CCCC1.[Mg+2]. The molecule has 0 unspecified atom stereocenters. The van der Waals surface area contributed by atoms with Gasteiger partial charge >= 0.3 is 23.1 Å². The molecule has 2 heteroatoms. The van der Waals surface area contributed by atoms with Gasteiger partial charge in [-0.25, -0.2) is 0 Å². The van der Waals surface area contributed by atoms with Gasteiger partial charge in [0.1, 0.15) is 0 Å². The number of rotatable bonds is 0. The topological polar surface area (TPSA) is 0 Å². The maximum atomic E-state index is 2.36. The van der Waals surface area contributed by atoms with Crippen LogP contribution < -0.4 is 0 Å². The Labute approximate surface area is 63.8 Å². The third-order valence-electron chi connectivity index (χ3n) is 1.07. The van der Waals surface area contributed by atoms with Gasteiger partial charge in [-0.3, -0.25) is 0 Å². The molecule has 0 nitrogen and oxygen atoms in total. The third-order valence-corrected chi connectivity index (χ3v) is 1.07. The van der Waals surface area contributed by atoms with Gasteiger partial charge in [0, 0.05) is 0 Å². The second-order valence-corrected chi connectivity index (χ2v) is 1.57. The second kappa shape index (κ2) is 6.83. The van der Waals surface area contributed by atoms with E-state index in [0.717, 1.165) is 0 Å². The van der Waals surface area contributed by atoms with Crippen molar-refractivity contribution in [2.45, 2.75) is 25.7 Å². The third kappa shape index (κ3) is 4.69. The zero-order valence-electron chi connectivity index (χ0n) is 4.69. The van der Waals surface area contributed by atoms with Crippen molar-refractivity contribution in [3.8, 4) is 0 Å². The first-order valence-electron chi connectivity index (χ1n) is 2.32. The monoisotopic (exact) mass is 104 g/mol. The molecule has 1 fully saturated rings. The predicted octanol–water partition coefficient (Wildman–Crippen LogP) is 1.00. The van der Waals surface area contributed by atoms with E-state index in [9.17, 15) is 0 Å². The van der Waals surface area contributed by atoms with Crippen molar-refractivity contribution in [3.63, 3.8) is 0 Å². The fraction of sp³-hybridized carbons (Fsp3) is 0.800. The van der Waals surface area contributed by atoms with Gasteiger partial charge in [-0.1, -0.05) is 12.8 Å². The molecule has 1 rings (SSSR count). The van der Waals surface area contributed by atoms with Crippen LogP contribution in [-0.4, -0.2) is 31.5 Å². The van der Waals surface area contributed by atoms with Crippen molar-refractivity contribution in [2.75, 3.05) is 0 Å². The minimum absolute atomic E-state index is 0. The van der Waals surface area contributed by atoms with Gasteiger partial charge in [-0.15, -0.1) is 0 Å². The first kappa shape index (κ1) is 10.7. The Morgan fingerprint density at radius 3 is 1.57 bits per heavy atom. The smallest absolute Gasteiger partial charge is 1.00 e. The number of hydrogen-bond donors (Lipinski definition) is 0. The first-order valence-corrected chi connectivity index (χ1v) is 2.32. The van der Waals surface area contributed by atoms with Crippen LogP contribution in [0.2, 0.25) is 0 Å². The maximum Gasteiger partial charge on any atom is 2.00 e. The van der Waals surface area contributed by atoms with E-state index in [0.29, 0.717) is 0 Å². The van der Waals surface area contributed by atoms with E-state index in [-0.39, 0.29) is 31.5 Å². The van der Waals surface area contributed by atoms with Crippen molar-refractivity contribution >= 4 is 31.5 Å². The Morgan fingerprint density at radius 1 is 1.00 bits per heavy atom. The molecular weight excluding hydrogens is 95.2 g/mol. The van der Waals surface area contributed by atoms with Crippen LogP contribution in [0.3, 0.4) is 0 Å². The largest absolute Gasteiger partial charge is 2.00 e. The summed E-state index contributed by atoms with van der Waals surface area (Å²) in [7, 11) is 0. The van der Waals surface area contributed by atoms with Crippen molar-refractivity contribution in [2.24, 2.45) is 0 Å². The molecule has 1 aliphatic carbocycles. The Kier molecular flexibility index (Phi) is 10.5. The summed E-state index contributed by atoms with van der Waals surface area (Å²) in [5.41, 5.74) is 0. The Balaban J connectivity index is 0. The van der Waals surface area contributed by atoms with Crippen LogP contribution in [0.25, 0.3) is 0 Å². The van der Waals surface area contributed by atoms with Gasteiger partial charge in [0.05, 0.1) is 0 Å². The van der Waals surface area contributed by atoms with Crippen LogP contribution in [0.1, 0.15) is 25.7 Å². The summed E-state index contributed by atoms with van der Waals surface area (Å²) in [6.45, 7) is 0. The van der Waals surface area contributed by atoms with Gasteiger partial charge in [0.25, 0.3) is 0 Å². The quantitative estimate of drug-likeness (QED) is 0.318. The normalized spacial score (nSPS) is 17.1. The zero-order chi connectivity index (χ0) is 3.54. The molecule has 7 heavy (non-hydrogen) atoms. The Hall–Kier alpha value is 0.831. The van der Waals surface area contributed by atoms with Gasteiger partial charge in [-0.05, 0) is 0 Å².